The van der Waals surface area contributed by atoms with E-state index in [9.17, 15) is 33.7 Å². The van der Waals surface area contributed by atoms with Crippen LogP contribution < -0.4 is 0 Å². The molecule has 0 aliphatic carbocycles. The molecule has 16 heteroatoms. The fourth-order valence-corrected chi connectivity index (χ4v) is 14.6. The highest BCUT2D eigenvalue weighted by Crippen LogP contribution is 2.27. The minimum atomic E-state index is -3.91. The first kappa shape index (κ1) is 54.7. The zero-order valence-electron chi connectivity index (χ0n) is 41.9. The second-order valence-corrected chi connectivity index (χ2v) is 26.8. The van der Waals surface area contributed by atoms with Crippen LogP contribution in [-0.4, -0.2) is 77.1 Å². The Hall–Kier alpha value is -5.04. The van der Waals surface area contributed by atoms with Crippen molar-refractivity contribution in [2.75, 3.05) is 26.2 Å². The van der Waals surface area contributed by atoms with E-state index in [1.807, 2.05) is 76.2 Å². The number of benzene rings is 6. The first-order valence-corrected chi connectivity index (χ1v) is 30.5. The molecule has 0 spiro atoms. The third kappa shape index (κ3) is 14.2. The number of aryl methyl sites for hydroxylation is 4. The van der Waals surface area contributed by atoms with Gasteiger partial charge in [-0.25, -0.2) is 33.7 Å². The van der Waals surface area contributed by atoms with Crippen LogP contribution in [0.1, 0.15) is 95.9 Å². The zero-order valence-corrected chi connectivity index (χ0v) is 45.1. The van der Waals surface area contributed by atoms with Gasteiger partial charge in [-0.1, -0.05) is 145 Å². The molecule has 6 aromatic rings. The van der Waals surface area contributed by atoms with Crippen LogP contribution in [0.25, 0.3) is 0 Å². The minimum Gasteiger partial charge on any atom is -0.207 e. The Morgan fingerprint density at radius 1 is 0.250 bits per heavy atom. The van der Waals surface area contributed by atoms with Crippen molar-refractivity contribution >= 4 is 40.1 Å². The van der Waals surface area contributed by atoms with Crippen molar-refractivity contribution in [1.82, 2.24) is 17.2 Å². The van der Waals surface area contributed by atoms with Crippen molar-refractivity contribution in [2.24, 2.45) is 0 Å². The minimum absolute atomic E-state index is 0.104. The summed E-state index contributed by atoms with van der Waals surface area (Å²) in [6.07, 6.45) is 4.77. The van der Waals surface area contributed by atoms with E-state index in [1.165, 1.54) is 17.2 Å². The number of sulfonamides is 4. The molecular formula is C56H68N4O8S4. The van der Waals surface area contributed by atoms with Gasteiger partial charge >= 0.3 is 0 Å². The van der Waals surface area contributed by atoms with E-state index in [4.69, 9.17) is 0 Å². The molecule has 0 unspecified atom stereocenters. The van der Waals surface area contributed by atoms with Gasteiger partial charge in [-0.05, 0) is 124 Å². The number of hydrogen-bond donors (Lipinski definition) is 0. The summed E-state index contributed by atoms with van der Waals surface area (Å²) in [6.45, 7) is 8.99. The van der Waals surface area contributed by atoms with Gasteiger partial charge in [-0.15, -0.1) is 0 Å². The third-order valence-electron chi connectivity index (χ3n) is 13.2. The van der Waals surface area contributed by atoms with Crippen LogP contribution in [0.3, 0.4) is 0 Å². The lowest BCUT2D eigenvalue weighted by atomic mass is 10.1. The Balaban J connectivity index is 1.18. The molecule has 72 heavy (non-hydrogen) atoms. The summed E-state index contributed by atoms with van der Waals surface area (Å²) < 4.78 is 120. The van der Waals surface area contributed by atoms with Gasteiger partial charge in [0, 0.05) is 52.4 Å². The number of nitrogens with zero attached hydrogens (tertiary/aromatic N) is 4. The van der Waals surface area contributed by atoms with Crippen LogP contribution in [0.4, 0.5) is 0 Å². The molecule has 6 aromatic carbocycles. The van der Waals surface area contributed by atoms with Crippen LogP contribution in [0.15, 0.2) is 165 Å². The highest BCUT2D eigenvalue weighted by atomic mass is 32.2. The summed E-state index contributed by atoms with van der Waals surface area (Å²) >= 11 is 0. The van der Waals surface area contributed by atoms with Gasteiger partial charge in [0.25, 0.3) is 0 Å². The average molecular weight is 1050 g/mol. The summed E-state index contributed by atoms with van der Waals surface area (Å²) in [5.74, 6) is 0. The third-order valence-corrected chi connectivity index (χ3v) is 20.7. The Labute approximate surface area is 429 Å². The molecule has 0 radical (unpaired) electrons. The number of hydrogen-bond acceptors (Lipinski definition) is 8. The molecule has 0 amide bonds. The van der Waals surface area contributed by atoms with Crippen molar-refractivity contribution in [2.45, 2.75) is 125 Å². The first-order valence-electron chi connectivity index (χ1n) is 24.8. The van der Waals surface area contributed by atoms with Crippen molar-refractivity contribution in [3.63, 3.8) is 0 Å². The Morgan fingerprint density at radius 2 is 0.417 bits per heavy atom. The van der Waals surface area contributed by atoms with E-state index >= 15 is 0 Å². The van der Waals surface area contributed by atoms with Gasteiger partial charge < -0.3 is 0 Å². The summed E-state index contributed by atoms with van der Waals surface area (Å²) in [7, 11) is -15.6. The maximum absolute atomic E-state index is 14.2. The van der Waals surface area contributed by atoms with Crippen molar-refractivity contribution in [1.29, 1.82) is 0 Å². The van der Waals surface area contributed by atoms with Crippen molar-refractivity contribution in [3.8, 4) is 0 Å². The van der Waals surface area contributed by atoms with E-state index in [2.05, 4.69) is 0 Å². The first-order chi connectivity index (χ1) is 34.3. The summed E-state index contributed by atoms with van der Waals surface area (Å²) in [5.41, 5.74) is 6.77. The molecular weight excluding hydrogens is 985 g/mol. The predicted molar refractivity (Wildman–Crippen MR) is 285 cm³/mol. The standard InChI is InChI=1S/C56H68N4O8S4/c1-45-13-29-53(30-14-45)69(61,62)57-37-9-5-6-10-38-58(70(63,64)54-31-15-46(2)16-32-54)43-51-25-27-52(28-26-51)44-60(72(67,68)56-35-19-48(4)20-36-56)40-12-8-7-11-39-59(42-50-23-21-49(41-57)22-24-50)71(65,66)55-33-17-47(3)18-34-55/h13-36H,5-12,37-44H2,1-4H3. The van der Waals surface area contributed by atoms with Crippen molar-refractivity contribution in [3.05, 3.63) is 190 Å². The van der Waals surface area contributed by atoms with Crippen LogP contribution >= 0.6 is 0 Å². The van der Waals surface area contributed by atoms with Crippen molar-refractivity contribution < 1.29 is 33.7 Å². The molecule has 384 valence electrons. The molecule has 12 nitrogen and oxygen atoms in total. The van der Waals surface area contributed by atoms with Gasteiger partial charge in [0.15, 0.2) is 0 Å². The molecule has 4 aliphatic heterocycles. The molecule has 0 saturated carbocycles. The van der Waals surface area contributed by atoms with Crippen LogP contribution in [0.5, 0.6) is 0 Å². The topological polar surface area (TPSA) is 150 Å². The average Bonchev–Trinajstić information content (AvgIpc) is 3.35. The lowest BCUT2D eigenvalue weighted by molar-refractivity contribution is 0.373. The largest absolute Gasteiger partial charge is 0.243 e. The Morgan fingerprint density at radius 3 is 0.583 bits per heavy atom. The summed E-state index contributed by atoms with van der Waals surface area (Å²) in [5, 5.41) is 0. The maximum atomic E-state index is 14.2. The van der Waals surface area contributed by atoms with E-state index in [-0.39, 0.29) is 71.9 Å². The van der Waals surface area contributed by atoms with E-state index in [1.54, 1.807) is 97.1 Å². The van der Waals surface area contributed by atoms with Gasteiger partial charge in [0.2, 0.25) is 40.1 Å². The number of rotatable bonds is 8. The lowest BCUT2D eigenvalue weighted by Gasteiger charge is -2.25. The van der Waals surface area contributed by atoms with Gasteiger partial charge in [-0.3, -0.25) is 0 Å². The van der Waals surface area contributed by atoms with E-state index < -0.39 is 40.1 Å². The molecule has 0 fully saturated rings. The van der Waals surface area contributed by atoms with Gasteiger partial charge in [0.05, 0.1) is 19.6 Å². The summed E-state index contributed by atoms with van der Waals surface area (Å²) in [6, 6.07) is 42.1. The molecule has 0 saturated heterocycles. The molecule has 0 N–H and O–H groups in total. The summed E-state index contributed by atoms with van der Waals surface area (Å²) in [4.78, 5) is 0.786. The normalized spacial score (nSPS) is 17.1. The molecule has 4 bridgehead atoms. The van der Waals surface area contributed by atoms with Crippen LogP contribution in [0, 0.1) is 27.7 Å². The highest BCUT2D eigenvalue weighted by molar-refractivity contribution is 7.90. The maximum Gasteiger partial charge on any atom is 0.243 e. The second kappa shape index (κ2) is 24.3. The predicted octanol–water partition coefficient (Wildman–Crippen LogP) is 10.5. The zero-order chi connectivity index (χ0) is 51.5. The fourth-order valence-electron chi connectivity index (χ4n) is 8.75. The molecule has 4 aliphatic rings. The monoisotopic (exact) mass is 1050 g/mol. The molecule has 0 atom stereocenters. The van der Waals surface area contributed by atoms with Gasteiger partial charge in [0.1, 0.15) is 0 Å². The van der Waals surface area contributed by atoms with E-state index in [0.29, 0.717) is 51.4 Å². The van der Waals surface area contributed by atoms with E-state index in [0.717, 1.165) is 44.5 Å². The second-order valence-electron chi connectivity index (χ2n) is 19.1. The molecule has 0 aromatic heterocycles. The Kier molecular flexibility index (Phi) is 18.5. The SMILES string of the molecule is Cc1ccc(S(=O)(=O)N2CCCCCCN(S(=O)(=O)c3ccc(C)cc3)Cc3ccc(cc3)CN(S(=O)(=O)c3ccc(C)cc3)CCCCCCN(S(=O)(=O)c3ccc(C)cc3)Cc3ccc(cc3)C2)cc1. The smallest absolute Gasteiger partial charge is 0.207 e. The quantitative estimate of drug-likeness (QED) is 0.146. The Bertz CT molecular complexity index is 2740. The van der Waals surface area contributed by atoms with Crippen LogP contribution in [0.2, 0.25) is 0 Å². The highest BCUT2D eigenvalue weighted by Gasteiger charge is 2.29. The fraction of sp³-hybridized carbons (Fsp3) is 0.357. The lowest BCUT2D eigenvalue weighted by Crippen LogP contribution is -2.33. The van der Waals surface area contributed by atoms with Gasteiger partial charge in [-0.2, -0.15) is 17.2 Å². The van der Waals surface area contributed by atoms with Crippen LogP contribution in [-0.2, 0) is 66.3 Å². The molecule has 10 rings (SSSR count). The molecule has 4 heterocycles.